The van der Waals surface area contributed by atoms with Gasteiger partial charge in [-0.2, -0.15) is 0 Å². The standard InChI is InChI=1S/C5H9BrOS/c1-3-4(6)5(7)8-2/h4H,3H2,1-2H3. The molecule has 0 aromatic rings. The Balaban J connectivity index is 3.46. The molecule has 3 heteroatoms. The van der Waals surface area contributed by atoms with Crippen LogP contribution < -0.4 is 0 Å². The van der Waals surface area contributed by atoms with Crippen molar-refractivity contribution in [1.29, 1.82) is 0 Å². The highest BCUT2D eigenvalue weighted by atomic mass is 79.9. The first-order chi connectivity index (χ1) is 3.72. The molecule has 1 atom stereocenters. The van der Waals surface area contributed by atoms with Gasteiger partial charge in [-0.3, -0.25) is 4.79 Å². The molecular formula is C5H9BrOS. The minimum Gasteiger partial charge on any atom is -0.286 e. The third kappa shape index (κ3) is 2.72. The maximum Gasteiger partial charge on any atom is 0.202 e. The van der Waals surface area contributed by atoms with Crippen molar-refractivity contribution in [3.05, 3.63) is 0 Å². The van der Waals surface area contributed by atoms with Crippen LogP contribution in [0.4, 0.5) is 0 Å². The highest BCUT2D eigenvalue weighted by molar-refractivity contribution is 9.10. The first-order valence-corrected chi connectivity index (χ1v) is 4.58. The lowest BCUT2D eigenvalue weighted by Gasteiger charge is -1.99. The number of alkyl halides is 1. The van der Waals surface area contributed by atoms with Crippen LogP contribution in [0.1, 0.15) is 13.3 Å². The van der Waals surface area contributed by atoms with Gasteiger partial charge in [-0.05, 0) is 12.7 Å². The quantitative estimate of drug-likeness (QED) is 0.630. The molecular weight excluding hydrogens is 188 g/mol. The Morgan fingerprint density at radius 3 is 2.50 bits per heavy atom. The maximum absolute atomic E-state index is 10.7. The summed E-state index contributed by atoms with van der Waals surface area (Å²) in [5.41, 5.74) is 0. The van der Waals surface area contributed by atoms with E-state index in [1.54, 1.807) is 6.26 Å². The molecule has 0 aliphatic carbocycles. The Kier molecular flexibility index (Phi) is 4.66. The van der Waals surface area contributed by atoms with Gasteiger partial charge in [0.15, 0.2) is 0 Å². The average Bonchev–Trinajstić information content (AvgIpc) is 1.84. The van der Waals surface area contributed by atoms with E-state index in [1.807, 2.05) is 6.92 Å². The van der Waals surface area contributed by atoms with E-state index in [2.05, 4.69) is 15.9 Å². The summed E-state index contributed by atoms with van der Waals surface area (Å²) in [6.07, 6.45) is 2.67. The zero-order valence-electron chi connectivity index (χ0n) is 4.98. The molecule has 48 valence electrons. The van der Waals surface area contributed by atoms with Crippen molar-refractivity contribution in [1.82, 2.24) is 0 Å². The summed E-state index contributed by atoms with van der Waals surface area (Å²) >= 11 is 4.50. The summed E-state index contributed by atoms with van der Waals surface area (Å²) in [7, 11) is 0. The van der Waals surface area contributed by atoms with Gasteiger partial charge in [0.1, 0.15) is 0 Å². The molecule has 0 amide bonds. The molecule has 1 unspecified atom stereocenters. The number of carbonyl (C=O) groups excluding carboxylic acids is 1. The van der Waals surface area contributed by atoms with Crippen LogP contribution in [0.2, 0.25) is 0 Å². The van der Waals surface area contributed by atoms with E-state index in [0.29, 0.717) is 0 Å². The Bertz CT molecular complexity index is 84.5. The van der Waals surface area contributed by atoms with Crippen LogP contribution in [0.5, 0.6) is 0 Å². The first kappa shape index (κ1) is 8.50. The summed E-state index contributed by atoms with van der Waals surface area (Å²) in [4.78, 5) is 10.7. The van der Waals surface area contributed by atoms with Crippen LogP contribution in [-0.4, -0.2) is 16.2 Å². The Hall–Kier alpha value is 0.500. The third-order valence-electron chi connectivity index (χ3n) is 0.815. The van der Waals surface area contributed by atoms with Crippen molar-refractivity contribution < 1.29 is 4.79 Å². The molecule has 0 aromatic carbocycles. The van der Waals surface area contributed by atoms with Gasteiger partial charge in [-0.25, -0.2) is 0 Å². The second-order valence-electron chi connectivity index (χ2n) is 1.40. The molecule has 0 spiro atoms. The first-order valence-electron chi connectivity index (χ1n) is 2.44. The van der Waals surface area contributed by atoms with Gasteiger partial charge >= 0.3 is 0 Å². The number of halogens is 1. The van der Waals surface area contributed by atoms with Crippen LogP contribution in [0.25, 0.3) is 0 Å². The van der Waals surface area contributed by atoms with Gasteiger partial charge in [0, 0.05) is 0 Å². The number of hydrogen-bond donors (Lipinski definition) is 0. The van der Waals surface area contributed by atoms with E-state index in [0.717, 1.165) is 6.42 Å². The Morgan fingerprint density at radius 2 is 2.38 bits per heavy atom. The van der Waals surface area contributed by atoms with Crippen LogP contribution in [0, 0.1) is 0 Å². The highest BCUT2D eigenvalue weighted by Gasteiger charge is 2.08. The zero-order chi connectivity index (χ0) is 6.57. The van der Waals surface area contributed by atoms with Gasteiger partial charge in [0.2, 0.25) is 5.12 Å². The highest BCUT2D eigenvalue weighted by Crippen LogP contribution is 2.11. The van der Waals surface area contributed by atoms with E-state index in [-0.39, 0.29) is 9.94 Å². The molecule has 0 saturated carbocycles. The van der Waals surface area contributed by atoms with Crippen LogP contribution in [0.15, 0.2) is 0 Å². The molecule has 0 saturated heterocycles. The van der Waals surface area contributed by atoms with Crippen molar-refractivity contribution in [2.24, 2.45) is 0 Å². The molecule has 0 aliphatic rings. The molecule has 0 fully saturated rings. The van der Waals surface area contributed by atoms with Gasteiger partial charge < -0.3 is 0 Å². The lowest BCUT2D eigenvalue weighted by molar-refractivity contribution is -0.110. The fourth-order valence-corrected chi connectivity index (χ4v) is 1.28. The topological polar surface area (TPSA) is 17.1 Å². The molecule has 0 bridgehead atoms. The minimum absolute atomic E-state index is 0.0532. The van der Waals surface area contributed by atoms with Crippen molar-refractivity contribution in [2.75, 3.05) is 6.26 Å². The lowest BCUT2D eigenvalue weighted by atomic mass is 10.4. The summed E-state index contributed by atoms with van der Waals surface area (Å²) in [6, 6.07) is 0. The lowest BCUT2D eigenvalue weighted by Crippen LogP contribution is -2.06. The van der Waals surface area contributed by atoms with Crippen LogP contribution in [-0.2, 0) is 4.79 Å². The molecule has 0 radical (unpaired) electrons. The van der Waals surface area contributed by atoms with E-state index in [9.17, 15) is 4.79 Å². The molecule has 0 aromatic heterocycles. The van der Waals surface area contributed by atoms with Crippen molar-refractivity contribution in [3.63, 3.8) is 0 Å². The molecule has 0 heterocycles. The van der Waals surface area contributed by atoms with Gasteiger partial charge in [0.25, 0.3) is 0 Å². The predicted octanol–water partition coefficient (Wildman–Crippen LogP) is 2.05. The van der Waals surface area contributed by atoms with Crippen LogP contribution >= 0.6 is 27.7 Å². The summed E-state index contributed by atoms with van der Waals surface area (Å²) < 4.78 is 0. The molecule has 0 N–H and O–H groups in total. The second-order valence-corrected chi connectivity index (χ2v) is 3.31. The minimum atomic E-state index is 0.0532. The van der Waals surface area contributed by atoms with Gasteiger partial charge in [-0.15, -0.1) is 0 Å². The largest absolute Gasteiger partial charge is 0.286 e. The van der Waals surface area contributed by atoms with E-state index >= 15 is 0 Å². The Morgan fingerprint density at radius 1 is 1.88 bits per heavy atom. The smallest absolute Gasteiger partial charge is 0.202 e. The summed E-state index contributed by atoms with van der Waals surface area (Å²) in [6.45, 7) is 1.98. The van der Waals surface area contributed by atoms with E-state index in [1.165, 1.54) is 11.8 Å². The maximum atomic E-state index is 10.7. The zero-order valence-corrected chi connectivity index (χ0v) is 7.38. The van der Waals surface area contributed by atoms with E-state index in [4.69, 9.17) is 0 Å². The number of hydrogen-bond acceptors (Lipinski definition) is 2. The number of thioether (sulfide) groups is 1. The predicted molar refractivity (Wildman–Crippen MR) is 41.5 cm³/mol. The molecule has 8 heavy (non-hydrogen) atoms. The monoisotopic (exact) mass is 196 g/mol. The average molecular weight is 197 g/mol. The van der Waals surface area contributed by atoms with Crippen molar-refractivity contribution in [2.45, 2.75) is 18.2 Å². The van der Waals surface area contributed by atoms with Gasteiger partial charge in [0.05, 0.1) is 4.83 Å². The van der Waals surface area contributed by atoms with Crippen molar-refractivity contribution >= 4 is 32.8 Å². The van der Waals surface area contributed by atoms with Gasteiger partial charge in [-0.1, -0.05) is 34.6 Å². The molecule has 1 nitrogen and oxygen atoms in total. The summed E-state index contributed by atoms with van der Waals surface area (Å²) in [5.74, 6) is 0. The fourth-order valence-electron chi connectivity index (χ4n) is 0.295. The number of carbonyl (C=O) groups is 1. The number of rotatable bonds is 2. The molecule has 0 rings (SSSR count). The molecule has 0 aliphatic heterocycles. The summed E-state index contributed by atoms with van der Waals surface area (Å²) in [5, 5.41) is 0.215. The third-order valence-corrected chi connectivity index (χ3v) is 2.87. The SMILES string of the molecule is CCC(Br)C(=O)SC. The Labute approximate surface area is 62.4 Å². The second kappa shape index (κ2) is 4.39. The normalized spacial score (nSPS) is 13.4. The fraction of sp³-hybridized carbons (Fsp3) is 0.800. The van der Waals surface area contributed by atoms with Crippen molar-refractivity contribution in [3.8, 4) is 0 Å². The van der Waals surface area contributed by atoms with E-state index < -0.39 is 0 Å². The van der Waals surface area contributed by atoms with Crippen LogP contribution in [0.3, 0.4) is 0 Å².